The van der Waals surface area contributed by atoms with Crippen LogP contribution in [-0.2, 0) is 11.6 Å². The molecule has 0 bridgehead atoms. The van der Waals surface area contributed by atoms with Gasteiger partial charge in [0.15, 0.2) is 5.65 Å². The normalized spacial score (nSPS) is 18.7. The van der Waals surface area contributed by atoms with Crippen molar-refractivity contribution in [2.45, 2.75) is 19.3 Å². The summed E-state index contributed by atoms with van der Waals surface area (Å²) in [6.07, 6.45) is 6.64. The molecule has 146 valence electrons. The van der Waals surface area contributed by atoms with Crippen LogP contribution < -0.4 is 20.6 Å². The molecule has 0 N–H and O–H groups in total. The number of aryl methyl sites for hydroxylation is 1. The third kappa shape index (κ3) is 2.76. The van der Waals surface area contributed by atoms with Crippen LogP contribution in [0.1, 0.15) is 19.3 Å². The van der Waals surface area contributed by atoms with Crippen molar-refractivity contribution in [1.29, 1.82) is 0 Å². The lowest BCUT2D eigenvalue weighted by Crippen LogP contribution is -2.29. The Morgan fingerprint density at radius 1 is 1.11 bits per heavy atom. The minimum atomic E-state index is -2.29. The molecule has 2 aliphatic heterocycles. The molecule has 0 saturated carbocycles. The molecule has 0 aliphatic carbocycles. The molecule has 28 heavy (non-hydrogen) atoms. The Morgan fingerprint density at radius 2 is 1.93 bits per heavy atom. The van der Waals surface area contributed by atoms with Crippen LogP contribution in [0.5, 0.6) is 5.75 Å². The zero-order valence-corrected chi connectivity index (χ0v) is 16.8. The Bertz CT molecular complexity index is 1160. The first kappa shape index (κ1) is 17.6. The fraction of sp³-hybridized carbons (Fsp3) is 0.400. The van der Waals surface area contributed by atoms with Crippen molar-refractivity contribution in [3.05, 3.63) is 47.0 Å². The van der Waals surface area contributed by atoms with Crippen LogP contribution in [0, 0.1) is 0 Å². The van der Waals surface area contributed by atoms with Gasteiger partial charge in [0.05, 0.1) is 12.2 Å². The molecule has 2 aromatic heterocycles. The van der Waals surface area contributed by atoms with Crippen molar-refractivity contribution in [2.75, 3.05) is 30.4 Å². The summed E-state index contributed by atoms with van der Waals surface area (Å²) in [6, 6.07) is 9.84. The monoisotopic (exact) mass is 398 g/mol. The lowest BCUT2D eigenvalue weighted by Gasteiger charge is -2.32. The van der Waals surface area contributed by atoms with Gasteiger partial charge in [-0.3, -0.25) is 4.40 Å². The molecule has 4 heterocycles. The summed E-state index contributed by atoms with van der Waals surface area (Å²) in [5.41, 5.74) is 2.37. The van der Waals surface area contributed by atoms with E-state index in [2.05, 4.69) is 10.00 Å². The maximum Gasteiger partial charge on any atom is 0.350 e. The number of hydrogen-bond donors (Lipinski definition) is 0. The molecule has 0 spiro atoms. The lowest BCUT2D eigenvalue weighted by atomic mass is 10.2. The van der Waals surface area contributed by atoms with Crippen LogP contribution in [-0.4, -0.2) is 39.7 Å². The maximum atomic E-state index is 13.3. The van der Waals surface area contributed by atoms with Crippen LogP contribution in [0.15, 0.2) is 41.3 Å². The van der Waals surface area contributed by atoms with Crippen molar-refractivity contribution < 1.29 is 9.30 Å². The summed E-state index contributed by atoms with van der Waals surface area (Å²) in [5.74, 6) is 0.780. The minimum absolute atomic E-state index is 0.161. The molecule has 1 fully saturated rings. The van der Waals surface area contributed by atoms with Crippen LogP contribution in [0.25, 0.3) is 5.65 Å². The van der Waals surface area contributed by atoms with Crippen LogP contribution in [0.3, 0.4) is 0 Å². The van der Waals surface area contributed by atoms with Gasteiger partial charge in [0.1, 0.15) is 19.5 Å². The second kappa shape index (κ2) is 6.52. The van der Waals surface area contributed by atoms with E-state index in [0.29, 0.717) is 18.8 Å². The standard InChI is InChI=1S/C20H23N4O3P/c1-22-20(25)24-8-7-15(13-19(24)21-22)23-9-10-27-18-14-16(5-6-17(18)23)28(26)11-3-2-4-12-28/h5-8,13-14H,2-4,9-12H2,1H3. The summed E-state index contributed by atoms with van der Waals surface area (Å²) in [4.78, 5) is 14.2. The highest BCUT2D eigenvalue weighted by Gasteiger charge is 2.29. The van der Waals surface area contributed by atoms with E-state index in [0.717, 1.165) is 47.6 Å². The largest absolute Gasteiger partial charge is 0.490 e. The average Bonchev–Trinajstić information content (AvgIpc) is 3.01. The van der Waals surface area contributed by atoms with Crippen LogP contribution in [0.4, 0.5) is 11.4 Å². The van der Waals surface area contributed by atoms with Crippen molar-refractivity contribution in [3.8, 4) is 5.75 Å². The van der Waals surface area contributed by atoms with E-state index in [1.54, 1.807) is 13.2 Å². The highest BCUT2D eigenvalue weighted by atomic mass is 31.2. The second-order valence-corrected chi connectivity index (χ2v) is 10.8. The number of hydrogen-bond acceptors (Lipinski definition) is 5. The van der Waals surface area contributed by atoms with E-state index in [1.807, 2.05) is 30.3 Å². The Hall–Kier alpha value is -2.53. The van der Waals surface area contributed by atoms with Gasteiger partial charge in [0, 0.05) is 42.6 Å². The third-order valence-corrected chi connectivity index (χ3v) is 9.08. The SMILES string of the molecule is Cn1nc2cc(N3CCOc4cc(P5(=O)CCCCC5)ccc43)ccn2c1=O. The topological polar surface area (TPSA) is 68.8 Å². The molecular weight excluding hydrogens is 375 g/mol. The number of nitrogens with zero attached hydrogens (tertiary/aromatic N) is 4. The van der Waals surface area contributed by atoms with Gasteiger partial charge in [0.25, 0.3) is 0 Å². The predicted octanol–water partition coefficient (Wildman–Crippen LogP) is 2.74. The molecule has 1 aromatic carbocycles. The van der Waals surface area contributed by atoms with E-state index in [9.17, 15) is 9.36 Å². The predicted molar refractivity (Wildman–Crippen MR) is 110 cm³/mol. The summed E-state index contributed by atoms with van der Waals surface area (Å²) in [7, 11) is -0.642. The van der Waals surface area contributed by atoms with Gasteiger partial charge in [-0.1, -0.05) is 6.42 Å². The molecule has 0 radical (unpaired) electrons. The van der Waals surface area contributed by atoms with E-state index in [-0.39, 0.29) is 5.69 Å². The molecule has 0 unspecified atom stereocenters. The molecular formula is C20H23N4O3P. The van der Waals surface area contributed by atoms with E-state index in [4.69, 9.17) is 4.74 Å². The minimum Gasteiger partial charge on any atom is -0.490 e. The number of anilines is 2. The van der Waals surface area contributed by atoms with Gasteiger partial charge >= 0.3 is 5.69 Å². The van der Waals surface area contributed by atoms with Gasteiger partial charge in [-0.05, 0) is 37.1 Å². The van der Waals surface area contributed by atoms with Gasteiger partial charge < -0.3 is 14.2 Å². The van der Waals surface area contributed by atoms with Gasteiger partial charge in [-0.25, -0.2) is 9.48 Å². The van der Waals surface area contributed by atoms with Gasteiger partial charge in [-0.2, -0.15) is 5.10 Å². The van der Waals surface area contributed by atoms with Crippen molar-refractivity contribution in [3.63, 3.8) is 0 Å². The maximum absolute atomic E-state index is 13.3. The molecule has 1 saturated heterocycles. The number of fused-ring (bicyclic) bond motifs is 2. The zero-order valence-electron chi connectivity index (χ0n) is 15.9. The number of aromatic nitrogens is 3. The van der Waals surface area contributed by atoms with E-state index < -0.39 is 7.14 Å². The lowest BCUT2D eigenvalue weighted by molar-refractivity contribution is 0.314. The summed E-state index contributed by atoms with van der Waals surface area (Å²) in [6.45, 7) is 1.26. The van der Waals surface area contributed by atoms with Crippen molar-refractivity contribution >= 4 is 29.5 Å². The Balaban J connectivity index is 1.54. The van der Waals surface area contributed by atoms with E-state index >= 15 is 0 Å². The Kier molecular flexibility index (Phi) is 4.09. The highest BCUT2D eigenvalue weighted by molar-refractivity contribution is 7.71. The number of ether oxygens (including phenoxy) is 1. The molecule has 3 aromatic rings. The summed E-state index contributed by atoms with van der Waals surface area (Å²) >= 11 is 0. The first-order valence-electron chi connectivity index (χ1n) is 9.74. The number of benzene rings is 1. The summed E-state index contributed by atoms with van der Waals surface area (Å²) < 4.78 is 22.1. The fourth-order valence-corrected chi connectivity index (χ4v) is 7.16. The van der Waals surface area contributed by atoms with Crippen LogP contribution >= 0.6 is 7.14 Å². The molecule has 2 aliphatic rings. The first-order valence-corrected chi connectivity index (χ1v) is 11.8. The number of pyridine rings is 1. The highest BCUT2D eigenvalue weighted by Crippen LogP contribution is 2.50. The molecule has 0 amide bonds. The quantitative estimate of drug-likeness (QED) is 0.621. The van der Waals surface area contributed by atoms with E-state index in [1.165, 1.54) is 15.5 Å². The molecule has 5 rings (SSSR count). The first-order chi connectivity index (χ1) is 13.5. The van der Waals surface area contributed by atoms with Crippen molar-refractivity contribution in [1.82, 2.24) is 14.2 Å². The van der Waals surface area contributed by atoms with Gasteiger partial charge in [-0.15, -0.1) is 0 Å². The van der Waals surface area contributed by atoms with Crippen LogP contribution in [0.2, 0.25) is 0 Å². The Morgan fingerprint density at radius 3 is 2.75 bits per heavy atom. The molecule has 8 heteroatoms. The molecule has 7 nitrogen and oxygen atoms in total. The fourth-order valence-electron chi connectivity index (χ4n) is 4.25. The molecule has 0 atom stereocenters. The number of rotatable bonds is 2. The second-order valence-electron chi connectivity index (χ2n) is 7.57. The van der Waals surface area contributed by atoms with Crippen molar-refractivity contribution in [2.24, 2.45) is 7.05 Å². The zero-order chi connectivity index (χ0) is 19.3. The Labute approximate surface area is 162 Å². The van der Waals surface area contributed by atoms with Gasteiger partial charge in [0.2, 0.25) is 0 Å². The summed E-state index contributed by atoms with van der Waals surface area (Å²) in [5, 5.41) is 5.22. The third-order valence-electron chi connectivity index (χ3n) is 5.78. The smallest absolute Gasteiger partial charge is 0.350 e. The average molecular weight is 398 g/mol.